The van der Waals surface area contributed by atoms with Crippen molar-refractivity contribution in [2.75, 3.05) is 16.8 Å². The number of hydrogen-bond donors (Lipinski definition) is 1. The minimum atomic E-state index is 0.594. The van der Waals surface area contributed by atoms with Crippen molar-refractivity contribution in [1.82, 2.24) is 4.98 Å². The molecule has 2 heterocycles. The quantitative estimate of drug-likeness (QED) is 0.901. The van der Waals surface area contributed by atoms with Crippen LogP contribution in [0.5, 0.6) is 0 Å². The first kappa shape index (κ1) is 11.3. The standard InChI is InChI=1S/C11H15BrN2S/c1-8-10(12)4-5-11(13-8)14-9-3-2-6-15-7-9/h4-5,9H,2-3,6-7H2,1H3,(H,13,14). The van der Waals surface area contributed by atoms with Gasteiger partial charge in [0.2, 0.25) is 0 Å². The molecule has 2 rings (SSSR count). The SMILES string of the molecule is Cc1nc(NC2CCCSC2)ccc1Br. The monoisotopic (exact) mass is 286 g/mol. The summed E-state index contributed by atoms with van der Waals surface area (Å²) in [5.74, 6) is 3.52. The summed E-state index contributed by atoms with van der Waals surface area (Å²) < 4.78 is 1.08. The van der Waals surface area contributed by atoms with E-state index in [4.69, 9.17) is 0 Å². The third-order valence-electron chi connectivity index (χ3n) is 2.53. The Kier molecular flexibility index (Phi) is 3.92. The molecule has 0 amide bonds. The summed E-state index contributed by atoms with van der Waals surface area (Å²) in [5, 5.41) is 3.50. The highest BCUT2D eigenvalue weighted by Gasteiger charge is 2.13. The fourth-order valence-electron chi connectivity index (χ4n) is 1.69. The third-order valence-corrected chi connectivity index (χ3v) is 4.59. The highest BCUT2D eigenvalue weighted by atomic mass is 79.9. The van der Waals surface area contributed by atoms with Crippen LogP contribution in [-0.4, -0.2) is 22.5 Å². The Balaban J connectivity index is 2.00. The van der Waals surface area contributed by atoms with Crippen LogP contribution in [0.4, 0.5) is 5.82 Å². The molecule has 1 unspecified atom stereocenters. The predicted octanol–water partition coefficient (Wildman–Crippen LogP) is 3.46. The van der Waals surface area contributed by atoms with E-state index in [0.29, 0.717) is 6.04 Å². The maximum atomic E-state index is 4.50. The molecule has 1 aliphatic heterocycles. The van der Waals surface area contributed by atoms with Gasteiger partial charge in [0, 0.05) is 16.3 Å². The molecule has 0 aromatic carbocycles. The van der Waals surface area contributed by atoms with Crippen molar-refractivity contribution in [1.29, 1.82) is 0 Å². The normalized spacial score (nSPS) is 21.3. The van der Waals surface area contributed by atoms with Gasteiger partial charge >= 0.3 is 0 Å². The second-order valence-corrected chi connectivity index (χ2v) is 5.83. The lowest BCUT2D eigenvalue weighted by atomic mass is 10.2. The van der Waals surface area contributed by atoms with Crippen molar-refractivity contribution >= 4 is 33.5 Å². The van der Waals surface area contributed by atoms with Gasteiger partial charge in [-0.2, -0.15) is 11.8 Å². The van der Waals surface area contributed by atoms with Crippen LogP contribution in [0.15, 0.2) is 16.6 Å². The second-order valence-electron chi connectivity index (χ2n) is 3.82. The number of thioether (sulfide) groups is 1. The molecule has 1 aromatic rings. The number of halogens is 1. The Morgan fingerprint density at radius 1 is 1.53 bits per heavy atom. The first-order valence-electron chi connectivity index (χ1n) is 5.23. The average Bonchev–Trinajstić information content (AvgIpc) is 2.25. The number of anilines is 1. The van der Waals surface area contributed by atoms with Gasteiger partial charge < -0.3 is 5.32 Å². The van der Waals surface area contributed by atoms with E-state index >= 15 is 0 Å². The predicted molar refractivity (Wildman–Crippen MR) is 70.6 cm³/mol. The first-order valence-corrected chi connectivity index (χ1v) is 7.18. The summed E-state index contributed by atoms with van der Waals surface area (Å²) in [6.07, 6.45) is 2.58. The van der Waals surface area contributed by atoms with E-state index in [1.165, 1.54) is 24.3 Å². The zero-order valence-corrected chi connectivity index (χ0v) is 11.2. The van der Waals surface area contributed by atoms with Crippen LogP contribution in [0.2, 0.25) is 0 Å². The van der Waals surface area contributed by atoms with Crippen LogP contribution in [0.1, 0.15) is 18.5 Å². The van der Waals surface area contributed by atoms with Gasteiger partial charge in [0.25, 0.3) is 0 Å². The van der Waals surface area contributed by atoms with Crippen LogP contribution < -0.4 is 5.32 Å². The summed E-state index contributed by atoms with van der Waals surface area (Å²) in [4.78, 5) is 4.50. The lowest BCUT2D eigenvalue weighted by Gasteiger charge is -2.23. The molecule has 2 nitrogen and oxygen atoms in total. The van der Waals surface area contributed by atoms with Gasteiger partial charge in [0.15, 0.2) is 0 Å². The Morgan fingerprint density at radius 2 is 2.40 bits per heavy atom. The fraction of sp³-hybridized carbons (Fsp3) is 0.545. The van der Waals surface area contributed by atoms with Gasteiger partial charge in [-0.05, 0) is 53.6 Å². The molecule has 82 valence electrons. The molecule has 15 heavy (non-hydrogen) atoms. The minimum Gasteiger partial charge on any atom is -0.367 e. The Labute approximate surface area is 103 Å². The van der Waals surface area contributed by atoms with Crippen molar-refractivity contribution in [2.24, 2.45) is 0 Å². The molecule has 0 saturated carbocycles. The van der Waals surface area contributed by atoms with Crippen molar-refractivity contribution in [2.45, 2.75) is 25.8 Å². The maximum absolute atomic E-state index is 4.50. The van der Waals surface area contributed by atoms with E-state index in [1.54, 1.807) is 0 Å². The van der Waals surface area contributed by atoms with E-state index in [2.05, 4.69) is 32.3 Å². The largest absolute Gasteiger partial charge is 0.367 e. The number of nitrogens with zero attached hydrogens (tertiary/aromatic N) is 1. The summed E-state index contributed by atoms with van der Waals surface area (Å²) in [5.41, 5.74) is 1.04. The highest BCUT2D eigenvalue weighted by molar-refractivity contribution is 9.10. The molecule has 1 aromatic heterocycles. The zero-order valence-electron chi connectivity index (χ0n) is 8.79. The third kappa shape index (κ3) is 3.11. The van der Waals surface area contributed by atoms with E-state index in [1.807, 2.05) is 24.8 Å². The molecule has 0 aliphatic carbocycles. The smallest absolute Gasteiger partial charge is 0.126 e. The van der Waals surface area contributed by atoms with Crippen molar-refractivity contribution < 1.29 is 0 Å². The number of hydrogen-bond acceptors (Lipinski definition) is 3. The highest BCUT2D eigenvalue weighted by Crippen LogP contribution is 2.21. The molecule has 1 saturated heterocycles. The molecule has 1 aliphatic rings. The Hall–Kier alpha value is -0.220. The Morgan fingerprint density at radius 3 is 3.07 bits per heavy atom. The van der Waals surface area contributed by atoms with Gasteiger partial charge in [-0.3, -0.25) is 0 Å². The van der Waals surface area contributed by atoms with Gasteiger partial charge in [-0.15, -0.1) is 0 Å². The number of rotatable bonds is 2. The first-order chi connectivity index (χ1) is 7.25. The maximum Gasteiger partial charge on any atom is 0.126 e. The average molecular weight is 287 g/mol. The summed E-state index contributed by atoms with van der Waals surface area (Å²) >= 11 is 5.49. The number of aryl methyl sites for hydroxylation is 1. The van der Waals surface area contributed by atoms with Gasteiger partial charge in [-0.1, -0.05) is 0 Å². The topological polar surface area (TPSA) is 24.9 Å². The summed E-state index contributed by atoms with van der Waals surface area (Å²) in [7, 11) is 0. The van der Waals surface area contributed by atoms with Crippen molar-refractivity contribution in [3.8, 4) is 0 Å². The second kappa shape index (κ2) is 5.21. The zero-order chi connectivity index (χ0) is 10.7. The number of nitrogens with one attached hydrogen (secondary N) is 1. The fourth-order valence-corrected chi connectivity index (χ4v) is 2.98. The molecule has 4 heteroatoms. The number of aromatic nitrogens is 1. The summed E-state index contributed by atoms with van der Waals surface area (Å²) in [6, 6.07) is 4.69. The molecule has 0 radical (unpaired) electrons. The lowest BCUT2D eigenvalue weighted by Crippen LogP contribution is -2.26. The van der Waals surface area contributed by atoms with Gasteiger partial charge in [0.1, 0.15) is 5.82 Å². The van der Waals surface area contributed by atoms with Gasteiger partial charge in [-0.25, -0.2) is 4.98 Å². The van der Waals surface area contributed by atoms with Crippen molar-refractivity contribution in [3.63, 3.8) is 0 Å². The van der Waals surface area contributed by atoms with E-state index < -0.39 is 0 Å². The van der Waals surface area contributed by atoms with Crippen LogP contribution in [0, 0.1) is 6.92 Å². The molecule has 0 bridgehead atoms. The summed E-state index contributed by atoms with van der Waals surface area (Å²) in [6.45, 7) is 2.02. The molecule has 1 N–H and O–H groups in total. The van der Waals surface area contributed by atoms with E-state index in [9.17, 15) is 0 Å². The van der Waals surface area contributed by atoms with E-state index in [0.717, 1.165) is 16.0 Å². The molecular formula is C11H15BrN2S. The lowest BCUT2D eigenvalue weighted by molar-refractivity contribution is 0.682. The minimum absolute atomic E-state index is 0.594. The molecule has 1 fully saturated rings. The number of pyridine rings is 1. The van der Waals surface area contributed by atoms with Crippen molar-refractivity contribution in [3.05, 3.63) is 22.3 Å². The molecule has 1 atom stereocenters. The Bertz CT molecular complexity index is 337. The van der Waals surface area contributed by atoms with Crippen LogP contribution >= 0.6 is 27.7 Å². The molecular weight excluding hydrogens is 272 g/mol. The van der Waals surface area contributed by atoms with Crippen LogP contribution in [0.25, 0.3) is 0 Å². The van der Waals surface area contributed by atoms with Crippen LogP contribution in [-0.2, 0) is 0 Å². The van der Waals surface area contributed by atoms with Gasteiger partial charge in [0.05, 0.1) is 5.69 Å². The van der Waals surface area contributed by atoms with Crippen LogP contribution in [0.3, 0.4) is 0 Å². The molecule has 0 spiro atoms. The van der Waals surface area contributed by atoms with E-state index in [-0.39, 0.29) is 0 Å².